The van der Waals surface area contributed by atoms with Crippen LogP contribution in [0.15, 0.2) is 35.1 Å². The van der Waals surface area contributed by atoms with Crippen LogP contribution in [0.3, 0.4) is 0 Å². The minimum absolute atomic E-state index is 0.122. The molecule has 0 aliphatic heterocycles. The number of rotatable bonds is 5. The monoisotopic (exact) mass is 291 g/mol. The topological polar surface area (TPSA) is 49.0 Å². The van der Waals surface area contributed by atoms with E-state index in [2.05, 4.69) is 27.9 Å². The van der Waals surface area contributed by atoms with E-state index in [4.69, 9.17) is 11.6 Å². The number of hydrogen-bond donors (Lipinski definition) is 1. The molecule has 0 saturated heterocycles. The molecular formula is C15H18ClN3O. The van der Waals surface area contributed by atoms with Crippen molar-refractivity contribution in [3.63, 3.8) is 0 Å². The van der Waals surface area contributed by atoms with Crippen LogP contribution in [0.2, 0.25) is 5.02 Å². The number of aromatic nitrogens is 2. The Morgan fingerprint density at radius 1 is 1.45 bits per heavy atom. The first-order chi connectivity index (χ1) is 9.63. The van der Waals surface area contributed by atoms with Gasteiger partial charge in [-0.15, -0.1) is 0 Å². The van der Waals surface area contributed by atoms with E-state index in [1.54, 1.807) is 18.2 Å². The Morgan fingerprint density at radius 3 is 2.95 bits per heavy atom. The van der Waals surface area contributed by atoms with Crippen molar-refractivity contribution >= 4 is 22.5 Å². The van der Waals surface area contributed by atoms with Gasteiger partial charge >= 0.3 is 0 Å². The molecule has 0 atom stereocenters. The molecule has 5 heteroatoms. The summed E-state index contributed by atoms with van der Waals surface area (Å²) in [4.78, 5) is 21.5. The number of aromatic amines is 1. The summed E-state index contributed by atoms with van der Waals surface area (Å²) >= 11 is 5.95. The van der Waals surface area contributed by atoms with Crippen LogP contribution in [-0.2, 0) is 6.54 Å². The van der Waals surface area contributed by atoms with Crippen LogP contribution >= 0.6 is 11.6 Å². The molecule has 0 amide bonds. The van der Waals surface area contributed by atoms with Crippen molar-refractivity contribution in [2.75, 3.05) is 13.1 Å². The lowest BCUT2D eigenvalue weighted by Crippen LogP contribution is -2.25. The number of H-pyrrole nitrogens is 1. The van der Waals surface area contributed by atoms with Crippen LogP contribution in [0, 0.1) is 0 Å². The number of benzene rings is 1. The molecule has 1 aromatic heterocycles. The summed E-state index contributed by atoms with van der Waals surface area (Å²) in [6, 6.07) is 5.12. The molecule has 0 saturated carbocycles. The second-order valence-corrected chi connectivity index (χ2v) is 5.01. The van der Waals surface area contributed by atoms with E-state index in [9.17, 15) is 4.79 Å². The molecule has 20 heavy (non-hydrogen) atoms. The number of likely N-dealkylation sites (N-methyl/N-ethyl adjacent to an activating group) is 1. The lowest BCUT2D eigenvalue weighted by Gasteiger charge is -2.17. The summed E-state index contributed by atoms with van der Waals surface area (Å²) in [5.74, 6) is 0.663. The number of nitrogens with one attached hydrogen (secondary N) is 1. The molecule has 2 rings (SSSR count). The average molecular weight is 292 g/mol. The van der Waals surface area contributed by atoms with Gasteiger partial charge in [0.1, 0.15) is 5.82 Å². The summed E-state index contributed by atoms with van der Waals surface area (Å²) in [5.41, 5.74) is 0.516. The molecule has 1 N–H and O–H groups in total. The number of halogens is 1. The molecule has 0 radical (unpaired) electrons. The first-order valence-electron chi connectivity index (χ1n) is 6.66. The molecule has 0 bridgehead atoms. The third-order valence-electron chi connectivity index (χ3n) is 3.14. The van der Waals surface area contributed by atoms with Gasteiger partial charge in [-0.1, -0.05) is 30.7 Å². The fourth-order valence-corrected chi connectivity index (χ4v) is 2.17. The largest absolute Gasteiger partial charge is 0.309 e. The van der Waals surface area contributed by atoms with Crippen molar-refractivity contribution in [2.45, 2.75) is 20.4 Å². The zero-order chi connectivity index (χ0) is 14.5. The molecule has 0 aliphatic rings. The third kappa shape index (κ3) is 3.46. The standard InChI is InChI=1S/C15H18ClN3O/c1-3-5-8-19(4-2)10-14-17-13-9-11(16)6-7-12(13)15(20)18-14/h3,5-7,9H,4,8,10H2,1-2H3,(H,17,18,20). The molecule has 0 aliphatic carbocycles. The van der Waals surface area contributed by atoms with E-state index >= 15 is 0 Å². The Bertz CT molecular complexity index is 678. The van der Waals surface area contributed by atoms with Gasteiger partial charge < -0.3 is 4.98 Å². The van der Waals surface area contributed by atoms with Crippen LogP contribution in [0.5, 0.6) is 0 Å². The zero-order valence-electron chi connectivity index (χ0n) is 11.7. The smallest absolute Gasteiger partial charge is 0.258 e. The Kier molecular flexibility index (Phi) is 4.93. The molecule has 106 valence electrons. The van der Waals surface area contributed by atoms with Gasteiger partial charge in [0, 0.05) is 11.6 Å². The lowest BCUT2D eigenvalue weighted by molar-refractivity contribution is 0.303. The second kappa shape index (κ2) is 6.68. The molecule has 4 nitrogen and oxygen atoms in total. The van der Waals surface area contributed by atoms with Crippen molar-refractivity contribution in [2.24, 2.45) is 0 Å². The number of fused-ring (bicyclic) bond motifs is 1. The van der Waals surface area contributed by atoms with Crippen molar-refractivity contribution in [1.82, 2.24) is 14.9 Å². The summed E-state index contributed by atoms with van der Waals surface area (Å²) in [6.07, 6.45) is 4.10. The van der Waals surface area contributed by atoms with Gasteiger partial charge in [-0.2, -0.15) is 0 Å². The van der Waals surface area contributed by atoms with Gasteiger partial charge in [-0.05, 0) is 31.7 Å². The van der Waals surface area contributed by atoms with Crippen molar-refractivity contribution < 1.29 is 0 Å². The van der Waals surface area contributed by atoms with E-state index in [0.29, 0.717) is 28.3 Å². The Morgan fingerprint density at radius 2 is 2.25 bits per heavy atom. The normalized spacial score (nSPS) is 11.8. The highest BCUT2D eigenvalue weighted by molar-refractivity contribution is 6.31. The number of allylic oxidation sites excluding steroid dienone is 1. The quantitative estimate of drug-likeness (QED) is 0.862. The predicted molar refractivity (Wildman–Crippen MR) is 83.1 cm³/mol. The van der Waals surface area contributed by atoms with E-state index in [1.807, 2.05) is 13.0 Å². The van der Waals surface area contributed by atoms with Crippen molar-refractivity contribution in [3.8, 4) is 0 Å². The maximum Gasteiger partial charge on any atom is 0.258 e. The zero-order valence-corrected chi connectivity index (χ0v) is 12.4. The first-order valence-corrected chi connectivity index (χ1v) is 7.03. The van der Waals surface area contributed by atoms with E-state index in [0.717, 1.165) is 13.1 Å². The summed E-state index contributed by atoms with van der Waals surface area (Å²) in [7, 11) is 0. The second-order valence-electron chi connectivity index (χ2n) is 4.57. The molecule has 1 aromatic carbocycles. The highest BCUT2D eigenvalue weighted by Crippen LogP contribution is 2.14. The van der Waals surface area contributed by atoms with Crippen LogP contribution in [-0.4, -0.2) is 28.0 Å². The SMILES string of the molecule is CC=CCN(CC)Cc1nc2cc(Cl)ccc2c(=O)[nH]1. The Labute approximate surface area is 123 Å². The Hall–Kier alpha value is -1.65. The maximum atomic E-state index is 12.0. The van der Waals surface area contributed by atoms with Crippen LogP contribution in [0.4, 0.5) is 0 Å². The molecule has 0 fully saturated rings. The summed E-state index contributed by atoms with van der Waals surface area (Å²) in [6.45, 7) is 6.41. The Balaban J connectivity index is 2.32. The van der Waals surface area contributed by atoms with E-state index < -0.39 is 0 Å². The summed E-state index contributed by atoms with van der Waals surface area (Å²) < 4.78 is 0. The van der Waals surface area contributed by atoms with Gasteiger partial charge in [-0.3, -0.25) is 9.69 Å². The van der Waals surface area contributed by atoms with Crippen molar-refractivity contribution in [1.29, 1.82) is 0 Å². The molecular weight excluding hydrogens is 274 g/mol. The molecule has 0 spiro atoms. The summed E-state index contributed by atoms with van der Waals surface area (Å²) in [5, 5.41) is 1.15. The average Bonchev–Trinajstić information content (AvgIpc) is 2.42. The van der Waals surface area contributed by atoms with Gasteiger partial charge in [0.05, 0.1) is 17.4 Å². The molecule has 2 aromatic rings. The fourth-order valence-electron chi connectivity index (χ4n) is 2.01. The predicted octanol–water partition coefficient (Wildman–Crippen LogP) is 2.97. The fraction of sp³-hybridized carbons (Fsp3) is 0.333. The van der Waals surface area contributed by atoms with E-state index in [-0.39, 0.29) is 5.56 Å². The van der Waals surface area contributed by atoms with Gasteiger partial charge in [-0.25, -0.2) is 4.98 Å². The maximum absolute atomic E-state index is 12.0. The minimum atomic E-state index is -0.122. The number of hydrogen-bond acceptors (Lipinski definition) is 3. The highest BCUT2D eigenvalue weighted by atomic mass is 35.5. The van der Waals surface area contributed by atoms with Gasteiger partial charge in [0.15, 0.2) is 0 Å². The van der Waals surface area contributed by atoms with Crippen molar-refractivity contribution in [3.05, 3.63) is 51.6 Å². The molecule has 1 heterocycles. The molecule has 0 unspecified atom stereocenters. The van der Waals surface area contributed by atoms with Crippen LogP contribution in [0.25, 0.3) is 10.9 Å². The minimum Gasteiger partial charge on any atom is -0.309 e. The number of nitrogens with zero attached hydrogens (tertiary/aromatic N) is 2. The van der Waals surface area contributed by atoms with Crippen LogP contribution in [0.1, 0.15) is 19.7 Å². The van der Waals surface area contributed by atoms with Crippen LogP contribution < -0.4 is 5.56 Å². The first kappa shape index (κ1) is 14.8. The van der Waals surface area contributed by atoms with E-state index in [1.165, 1.54) is 0 Å². The third-order valence-corrected chi connectivity index (χ3v) is 3.37. The lowest BCUT2D eigenvalue weighted by atomic mass is 10.2. The van der Waals surface area contributed by atoms with Gasteiger partial charge in [0.2, 0.25) is 0 Å². The van der Waals surface area contributed by atoms with Gasteiger partial charge in [0.25, 0.3) is 5.56 Å². The highest BCUT2D eigenvalue weighted by Gasteiger charge is 2.07.